The molecule has 0 unspecified atom stereocenters. The molecular weight excluding hydrogens is 380 g/mol. The number of anilines is 1. The van der Waals surface area contributed by atoms with Crippen molar-refractivity contribution in [2.75, 3.05) is 5.32 Å². The Bertz CT molecular complexity index is 793. The summed E-state index contributed by atoms with van der Waals surface area (Å²) in [5.41, 5.74) is -1.02. The van der Waals surface area contributed by atoms with Crippen LogP contribution < -0.4 is 10.6 Å². The van der Waals surface area contributed by atoms with Crippen LogP contribution in [0.15, 0.2) is 42.5 Å². The minimum Gasteiger partial charge on any atom is -0.344 e. The van der Waals surface area contributed by atoms with E-state index in [1.807, 2.05) is 5.32 Å². The Morgan fingerprint density at radius 3 is 2.12 bits per heavy atom. The first-order valence-electron chi connectivity index (χ1n) is 6.87. The van der Waals surface area contributed by atoms with Gasteiger partial charge in [-0.05, 0) is 35.9 Å². The van der Waals surface area contributed by atoms with E-state index in [9.17, 15) is 22.8 Å². The summed E-state index contributed by atoms with van der Waals surface area (Å²) >= 11 is 11.3. The summed E-state index contributed by atoms with van der Waals surface area (Å²) in [5.74, 6) is -2.29. The van der Waals surface area contributed by atoms with Gasteiger partial charge in [0.25, 0.3) is 0 Å². The molecule has 132 valence electrons. The molecule has 9 heteroatoms. The number of alkyl halides is 3. The minimum atomic E-state index is -4.73. The molecule has 0 atom stereocenters. The number of carbonyl (C=O) groups is 2. The lowest BCUT2D eigenvalue weighted by atomic mass is 10.1. The Morgan fingerprint density at radius 2 is 1.52 bits per heavy atom. The van der Waals surface area contributed by atoms with Gasteiger partial charge in [-0.1, -0.05) is 35.3 Å². The summed E-state index contributed by atoms with van der Waals surface area (Å²) in [6.07, 6.45) is -4.73. The maximum absolute atomic E-state index is 13.0. The lowest BCUT2D eigenvalue weighted by molar-refractivity contribution is -0.138. The summed E-state index contributed by atoms with van der Waals surface area (Å²) in [6.45, 7) is 0.0240. The van der Waals surface area contributed by atoms with Gasteiger partial charge in [-0.2, -0.15) is 13.2 Å². The van der Waals surface area contributed by atoms with E-state index in [2.05, 4.69) is 5.32 Å². The van der Waals surface area contributed by atoms with Crippen molar-refractivity contribution in [3.63, 3.8) is 0 Å². The Hall–Kier alpha value is -2.25. The molecule has 0 bridgehead atoms. The first-order valence-corrected chi connectivity index (χ1v) is 7.63. The average Bonchev–Trinajstić information content (AvgIpc) is 2.54. The molecule has 0 heterocycles. The second kappa shape index (κ2) is 7.76. The highest BCUT2D eigenvalue weighted by atomic mass is 35.5. The summed E-state index contributed by atoms with van der Waals surface area (Å²) in [6, 6.07) is 9.32. The molecule has 4 nitrogen and oxygen atoms in total. The molecular formula is C16H11Cl2F3N2O2. The van der Waals surface area contributed by atoms with E-state index in [0.717, 1.165) is 6.07 Å². The Kier molecular flexibility index (Phi) is 5.92. The molecule has 2 N–H and O–H groups in total. The third kappa shape index (κ3) is 5.37. The third-order valence-electron chi connectivity index (χ3n) is 3.11. The van der Waals surface area contributed by atoms with E-state index in [0.29, 0.717) is 16.7 Å². The van der Waals surface area contributed by atoms with Gasteiger partial charge in [0.1, 0.15) is 0 Å². The van der Waals surface area contributed by atoms with Crippen LogP contribution in [-0.4, -0.2) is 11.8 Å². The lowest BCUT2D eigenvalue weighted by Crippen LogP contribution is -2.35. The van der Waals surface area contributed by atoms with Crippen molar-refractivity contribution in [3.05, 3.63) is 63.6 Å². The second-order valence-electron chi connectivity index (χ2n) is 4.95. The molecule has 2 aromatic carbocycles. The van der Waals surface area contributed by atoms with E-state index in [-0.39, 0.29) is 11.6 Å². The third-order valence-corrected chi connectivity index (χ3v) is 3.59. The quantitative estimate of drug-likeness (QED) is 0.768. The van der Waals surface area contributed by atoms with Crippen LogP contribution in [0, 0.1) is 0 Å². The number of halogens is 5. The second-order valence-corrected chi connectivity index (χ2v) is 5.82. The number of rotatable bonds is 3. The van der Waals surface area contributed by atoms with Crippen LogP contribution in [0.1, 0.15) is 11.1 Å². The molecule has 2 amide bonds. The predicted octanol–water partition coefficient (Wildman–Crippen LogP) is 4.27. The average molecular weight is 391 g/mol. The van der Waals surface area contributed by atoms with Crippen molar-refractivity contribution in [2.24, 2.45) is 0 Å². The van der Waals surface area contributed by atoms with Crippen LogP contribution in [-0.2, 0) is 22.3 Å². The molecule has 0 aliphatic rings. The fourth-order valence-corrected chi connectivity index (χ4v) is 2.20. The van der Waals surface area contributed by atoms with E-state index in [1.54, 1.807) is 24.3 Å². The predicted molar refractivity (Wildman–Crippen MR) is 88.4 cm³/mol. The SMILES string of the molecule is O=C(NCc1ccc(Cl)cc1)C(=O)Nc1ccc(Cl)cc1C(F)(F)F. The highest BCUT2D eigenvalue weighted by Crippen LogP contribution is 2.36. The van der Waals surface area contributed by atoms with Crippen molar-refractivity contribution in [2.45, 2.75) is 12.7 Å². The molecule has 0 aromatic heterocycles. The number of hydrogen-bond donors (Lipinski definition) is 2. The largest absolute Gasteiger partial charge is 0.418 e. The number of hydrogen-bond acceptors (Lipinski definition) is 2. The smallest absolute Gasteiger partial charge is 0.344 e. The highest BCUT2D eigenvalue weighted by Gasteiger charge is 2.34. The van der Waals surface area contributed by atoms with Gasteiger partial charge < -0.3 is 10.6 Å². The summed E-state index contributed by atoms with van der Waals surface area (Å²) < 4.78 is 38.9. The van der Waals surface area contributed by atoms with Gasteiger partial charge in [0.15, 0.2) is 0 Å². The number of carbonyl (C=O) groups excluding carboxylic acids is 2. The van der Waals surface area contributed by atoms with Crippen LogP contribution in [0.5, 0.6) is 0 Å². The van der Waals surface area contributed by atoms with Crippen molar-refractivity contribution in [1.29, 1.82) is 0 Å². The van der Waals surface area contributed by atoms with E-state index < -0.39 is 29.2 Å². The summed E-state index contributed by atoms with van der Waals surface area (Å²) in [7, 11) is 0. The van der Waals surface area contributed by atoms with Gasteiger partial charge in [-0.25, -0.2) is 0 Å². The van der Waals surface area contributed by atoms with Gasteiger partial charge in [0.2, 0.25) is 0 Å². The van der Waals surface area contributed by atoms with Crippen molar-refractivity contribution < 1.29 is 22.8 Å². The Labute approximate surface area is 150 Å². The topological polar surface area (TPSA) is 58.2 Å². The lowest BCUT2D eigenvalue weighted by Gasteiger charge is -2.14. The standard InChI is InChI=1S/C16H11Cl2F3N2O2/c17-10-3-1-9(2-4-10)8-22-14(24)15(25)23-13-6-5-11(18)7-12(13)16(19,20)21/h1-7H,8H2,(H,22,24)(H,23,25). The Morgan fingerprint density at radius 1 is 0.920 bits per heavy atom. The van der Waals surface area contributed by atoms with Gasteiger partial charge in [0, 0.05) is 16.6 Å². The number of amides is 2. The van der Waals surface area contributed by atoms with Crippen LogP contribution in [0.25, 0.3) is 0 Å². The normalized spacial score (nSPS) is 11.1. The first-order chi connectivity index (χ1) is 11.7. The molecule has 0 fully saturated rings. The van der Waals surface area contributed by atoms with E-state index >= 15 is 0 Å². The fourth-order valence-electron chi connectivity index (χ4n) is 1.90. The minimum absolute atomic E-state index is 0.0240. The zero-order valence-corrected chi connectivity index (χ0v) is 14.0. The van der Waals surface area contributed by atoms with Crippen LogP contribution >= 0.6 is 23.2 Å². The van der Waals surface area contributed by atoms with Gasteiger partial charge in [0.05, 0.1) is 11.3 Å². The molecule has 0 saturated carbocycles. The molecule has 0 saturated heterocycles. The van der Waals surface area contributed by atoms with Crippen molar-refractivity contribution in [1.82, 2.24) is 5.32 Å². The van der Waals surface area contributed by atoms with Gasteiger partial charge >= 0.3 is 18.0 Å². The van der Waals surface area contributed by atoms with Gasteiger partial charge in [-0.15, -0.1) is 0 Å². The molecule has 25 heavy (non-hydrogen) atoms. The molecule has 0 spiro atoms. The zero-order chi connectivity index (χ0) is 18.6. The fraction of sp³-hybridized carbons (Fsp3) is 0.125. The van der Waals surface area contributed by atoms with Crippen LogP contribution in [0.4, 0.5) is 18.9 Å². The maximum Gasteiger partial charge on any atom is 0.418 e. The molecule has 0 aliphatic heterocycles. The first kappa shape index (κ1) is 19.1. The molecule has 0 aliphatic carbocycles. The molecule has 2 rings (SSSR count). The highest BCUT2D eigenvalue weighted by molar-refractivity contribution is 6.39. The monoisotopic (exact) mass is 390 g/mol. The van der Waals surface area contributed by atoms with Crippen molar-refractivity contribution >= 4 is 40.7 Å². The molecule has 2 aromatic rings. The Balaban J connectivity index is 2.04. The van der Waals surface area contributed by atoms with Crippen LogP contribution in [0.2, 0.25) is 10.0 Å². The molecule has 0 radical (unpaired) electrons. The number of benzene rings is 2. The summed E-state index contributed by atoms with van der Waals surface area (Å²) in [5, 5.41) is 4.61. The van der Waals surface area contributed by atoms with Crippen LogP contribution in [0.3, 0.4) is 0 Å². The summed E-state index contributed by atoms with van der Waals surface area (Å²) in [4.78, 5) is 23.6. The van der Waals surface area contributed by atoms with E-state index in [4.69, 9.17) is 23.2 Å². The maximum atomic E-state index is 13.0. The zero-order valence-electron chi connectivity index (χ0n) is 12.5. The van der Waals surface area contributed by atoms with Crippen molar-refractivity contribution in [3.8, 4) is 0 Å². The van der Waals surface area contributed by atoms with E-state index in [1.165, 1.54) is 6.07 Å². The van der Waals surface area contributed by atoms with Gasteiger partial charge in [-0.3, -0.25) is 9.59 Å². The number of nitrogens with one attached hydrogen (secondary N) is 2.